The number of nitrogens with zero attached hydrogens (tertiary/aromatic N) is 1. The van der Waals surface area contributed by atoms with Crippen molar-refractivity contribution in [2.24, 2.45) is 5.73 Å². The molecule has 0 spiro atoms. The van der Waals surface area contributed by atoms with Crippen molar-refractivity contribution in [1.29, 1.82) is 5.41 Å². The highest BCUT2D eigenvalue weighted by Crippen LogP contribution is 2.04. The van der Waals surface area contributed by atoms with E-state index in [0.717, 1.165) is 19.6 Å². The summed E-state index contributed by atoms with van der Waals surface area (Å²) in [5.74, 6) is 0.265. The summed E-state index contributed by atoms with van der Waals surface area (Å²) in [7, 11) is 0. The molecule has 5 heteroatoms. The molecular formula is C12H21Cl2N3. The van der Waals surface area contributed by atoms with Crippen LogP contribution in [0.25, 0.3) is 0 Å². The molecule has 0 fully saturated rings. The van der Waals surface area contributed by atoms with Gasteiger partial charge in [0.1, 0.15) is 0 Å². The third kappa shape index (κ3) is 8.02. The molecule has 0 saturated carbocycles. The van der Waals surface area contributed by atoms with E-state index in [-0.39, 0.29) is 30.6 Å². The van der Waals surface area contributed by atoms with E-state index in [2.05, 4.69) is 24.0 Å². The summed E-state index contributed by atoms with van der Waals surface area (Å²) in [6.45, 7) is 4.91. The Labute approximate surface area is 116 Å². The Morgan fingerprint density at radius 3 is 2.29 bits per heavy atom. The molecule has 0 radical (unpaired) electrons. The zero-order chi connectivity index (χ0) is 11.1. The normalized spacial score (nSPS) is 9.29. The van der Waals surface area contributed by atoms with E-state index in [1.807, 2.05) is 18.2 Å². The van der Waals surface area contributed by atoms with Gasteiger partial charge >= 0.3 is 0 Å². The second-order valence-corrected chi connectivity index (χ2v) is 3.63. The number of nitrogens with one attached hydrogen (secondary N) is 1. The lowest BCUT2D eigenvalue weighted by molar-refractivity contribution is 0.288. The number of amidine groups is 1. The van der Waals surface area contributed by atoms with Gasteiger partial charge in [-0.15, -0.1) is 24.8 Å². The van der Waals surface area contributed by atoms with Gasteiger partial charge in [0.15, 0.2) is 0 Å². The van der Waals surface area contributed by atoms with Crippen LogP contribution in [-0.2, 0) is 6.54 Å². The Kier molecular flexibility index (Phi) is 11.4. The summed E-state index contributed by atoms with van der Waals surface area (Å²) < 4.78 is 0. The standard InChI is InChI=1S/C12H19N3.2ClH/c1-2-15(9-8-12(13)14)10-11-6-4-3-5-7-11;;/h3-7H,2,8-10H2,1H3,(H3,13,14);2*1H. The van der Waals surface area contributed by atoms with Crippen molar-refractivity contribution in [2.75, 3.05) is 13.1 Å². The third-order valence-corrected chi connectivity index (χ3v) is 2.39. The number of nitrogens with two attached hydrogens (primary N) is 1. The van der Waals surface area contributed by atoms with Gasteiger partial charge in [-0.05, 0) is 12.1 Å². The van der Waals surface area contributed by atoms with E-state index in [1.165, 1.54) is 5.56 Å². The van der Waals surface area contributed by atoms with Crippen LogP contribution in [0.3, 0.4) is 0 Å². The van der Waals surface area contributed by atoms with Gasteiger partial charge in [0.2, 0.25) is 0 Å². The van der Waals surface area contributed by atoms with Crippen molar-refractivity contribution in [3.05, 3.63) is 35.9 Å². The molecule has 98 valence electrons. The summed E-state index contributed by atoms with van der Waals surface area (Å²) in [4.78, 5) is 2.29. The lowest BCUT2D eigenvalue weighted by Crippen LogP contribution is -2.27. The first kappa shape index (κ1) is 18.6. The third-order valence-electron chi connectivity index (χ3n) is 2.39. The molecular weight excluding hydrogens is 257 g/mol. The van der Waals surface area contributed by atoms with Crippen LogP contribution in [0.1, 0.15) is 18.9 Å². The second kappa shape index (κ2) is 10.4. The predicted octanol–water partition coefficient (Wildman–Crippen LogP) is 2.68. The molecule has 0 aromatic heterocycles. The molecule has 1 rings (SSSR count). The summed E-state index contributed by atoms with van der Waals surface area (Å²) in [6, 6.07) is 10.4. The number of halogens is 2. The molecule has 3 N–H and O–H groups in total. The van der Waals surface area contributed by atoms with Gasteiger partial charge in [-0.2, -0.15) is 0 Å². The Hall–Kier alpha value is -0.770. The Morgan fingerprint density at radius 1 is 1.24 bits per heavy atom. The maximum atomic E-state index is 7.19. The lowest BCUT2D eigenvalue weighted by Gasteiger charge is -2.19. The number of benzene rings is 1. The van der Waals surface area contributed by atoms with Crippen LogP contribution in [0.15, 0.2) is 30.3 Å². The van der Waals surface area contributed by atoms with E-state index in [4.69, 9.17) is 11.1 Å². The molecule has 3 nitrogen and oxygen atoms in total. The molecule has 1 aromatic carbocycles. The minimum Gasteiger partial charge on any atom is -0.388 e. The van der Waals surface area contributed by atoms with Gasteiger partial charge in [0.25, 0.3) is 0 Å². The van der Waals surface area contributed by atoms with Gasteiger partial charge in [-0.3, -0.25) is 10.3 Å². The first-order chi connectivity index (χ1) is 7.22. The van der Waals surface area contributed by atoms with Gasteiger partial charge in [-0.1, -0.05) is 37.3 Å². The van der Waals surface area contributed by atoms with Crippen LogP contribution in [0, 0.1) is 5.41 Å². The maximum absolute atomic E-state index is 7.19. The van der Waals surface area contributed by atoms with E-state index < -0.39 is 0 Å². The fraction of sp³-hybridized carbons (Fsp3) is 0.417. The first-order valence-electron chi connectivity index (χ1n) is 5.31. The van der Waals surface area contributed by atoms with Crippen molar-refractivity contribution in [2.45, 2.75) is 19.9 Å². The molecule has 1 aromatic rings. The van der Waals surface area contributed by atoms with Gasteiger partial charge in [-0.25, -0.2) is 0 Å². The fourth-order valence-corrected chi connectivity index (χ4v) is 1.47. The Balaban J connectivity index is 0. The minimum atomic E-state index is 0. The maximum Gasteiger partial charge on any atom is 0.0918 e. The molecule has 0 atom stereocenters. The number of rotatable bonds is 6. The fourth-order valence-electron chi connectivity index (χ4n) is 1.47. The smallest absolute Gasteiger partial charge is 0.0918 e. The zero-order valence-corrected chi connectivity index (χ0v) is 11.7. The SMILES string of the molecule is CCN(CCC(=N)N)Cc1ccccc1.Cl.Cl. The van der Waals surface area contributed by atoms with Crippen LogP contribution in [0.5, 0.6) is 0 Å². The van der Waals surface area contributed by atoms with Crippen LogP contribution in [0.4, 0.5) is 0 Å². The zero-order valence-electron chi connectivity index (χ0n) is 10.1. The van der Waals surface area contributed by atoms with E-state index >= 15 is 0 Å². The van der Waals surface area contributed by atoms with Crippen molar-refractivity contribution in [3.8, 4) is 0 Å². The summed E-state index contributed by atoms with van der Waals surface area (Å²) >= 11 is 0. The van der Waals surface area contributed by atoms with E-state index in [9.17, 15) is 0 Å². The highest BCUT2D eigenvalue weighted by atomic mass is 35.5. The Morgan fingerprint density at radius 2 is 1.82 bits per heavy atom. The quantitative estimate of drug-likeness (QED) is 0.621. The van der Waals surface area contributed by atoms with Crippen molar-refractivity contribution in [3.63, 3.8) is 0 Å². The monoisotopic (exact) mass is 277 g/mol. The number of hydrogen-bond donors (Lipinski definition) is 2. The lowest BCUT2D eigenvalue weighted by atomic mass is 10.2. The molecule has 0 aliphatic rings. The van der Waals surface area contributed by atoms with E-state index in [0.29, 0.717) is 6.42 Å². The molecule has 0 bridgehead atoms. The van der Waals surface area contributed by atoms with E-state index in [1.54, 1.807) is 0 Å². The van der Waals surface area contributed by atoms with Gasteiger partial charge in [0.05, 0.1) is 5.84 Å². The minimum absolute atomic E-state index is 0. The van der Waals surface area contributed by atoms with Crippen LogP contribution < -0.4 is 5.73 Å². The average molecular weight is 278 g/mol. The topological polar surface area (TPSA) is 53.1 Å². The van der Waals surface area contributed by atoms with Crippen molar-refractivity contribution < 1.29 is 0 Å². The van der Waals surface area contributed by atoms with Crippen LogP contribution in [-0.4, -0.2) is 23.8 Å². The Bertz CT molecular complexity index is 304. The van der Waals surface area contributed by atoms with Crippen molar-refractivity contribution >= 4 is 30.6 Å². The molecule has 0 unspecified atom stereocenters. The second-order valence-electron chi connectivity index (χ2n) is 3.63. The molecule has 0 aliphatic heterocycles. The highest BCUT2D eigenvalue weighted by Gasteiger charge is 2.03. The summed E-state index contributed by atoms with van der Waals surface area (Å²) in [6.07, 6.45) is 0.653. The van der Waals surface area contributed by atoms with Gasteiger partial charge in [0, 0.05) is 19.5 Å². The average Bonchev–Trinajstić information content (AvgIpc) is 2.25. The first-order valence-corrected chi connectivity index (χ1v) is 5.31. The molecule has 17 heavy (non-hydrogen) atoms. The highest BCUT2D eigenvalue weighted by molar-refractivity contribution is 5.85. The number of hydrogen-bond acceptors (Lipinski definition) is 2. The van der Waals surface area contributed by atoms with Crippen molar-refractivity contribution in [1.82, 2.24) is 4.90 Å². The summed E-state index contributed by atoms with van der Waals surface area (Å²) in [5, 5.41) is 7.19. The predicted molar refractivity (Wildman–Crippen MR) is 78.4 cm³/mol. The molecule has 0 saturated heterocycles. The molecule has 0 aliphatic carbocycles. The molecule has 0 heterocycles. The van der Waals surface area contributed by atoms with Gasteiger partial charge < -0.3 is 5.73 Å². The van der Waals surface area contributed by atoms with Crippen LogP contribution in [0.2, 0.25) is 0 Å². The molecule has 0 amide bonds. The largest absolute Gasteiger partial charge is 0.388 e. The van der Waals surface area contributed by atoms with Crippen LogP contribution >= 0.6 is 24.8 Å². The summed E-state index contributed by atoms with van der Waals surface area (Å²) in [5.41, 5.74) is 6.65.